The van der Waals surface area contributed by atoms with Crippen molar-refractivity contribution in [2.75, 3.05) is 13.7 Å². The lowest BCUT2D eigenvalue weighted by atomic mass is 10.2. The SMILES string of the molecule is COC(=O)CCNCc1cn(C)c2ccccc12. The van der Waals surface area contributed by atoms with Crippen LogP contribution >= 0.6 is 0 Å². The van der Waals surface area contributed by atoms with Crippen LogP contribution in [0.4, 0.5) is 0 Å². The number of rotatable bonds is 5. The maximum atomic E-state index is 11.0. The van der Waals surface area contributed by atoms with Crippen molar-refractivity contribution in [2.45, 2.75) is 13.0 Å². The minimum atomic E-state index is -0.180. The normalized spacial score (nSPS) is 10.8. The van der Waals surface area contributed by atoms with Crippen LogP contribution in [0, 0.1) is 0 Å². The van der Waals surface area contributed by atoms with Crippen LogP contribution in [0.5, 0.6) is 0 Å². The van der Waals surface area contributed by atoms with Crippen molar-refractivity contribution in [3.05, 3.63) is 36.0 Å². The Hall–Kier alpha value is -1.81. The van der Waals surface area contributed by atoms with Gasteiger partial charge in [0.25, 0.3) is 0 Å². The van der Waals surface area contributed by atoms with Gasteiger partial charge in [-0.2, -0.15) is 0 Å². The summed E-state index contributed by atoms with van der Waals surface area (Å²) in [5.74, 6) is -0.180. The smallest absolute Gasteiger partial charge is 0.306 e. The first kappa shape index (κ1) is 12.6. The topological polar surface area (TPSA) is 43.3 Å². The van der Waals surface area contributed by atoms with Crippen molar-refractivity contribution in [3.63, 3.8) is 0 Å². The predicted octanol–water partition coefficient (Wildman–Crippen LogP) is 1.83. The molecule has 1 heterocycles. The molecule has 0 fully saturated rings. The van der Waals surface area contributed by atoms with E-state index >= 15 is 0 Å². The number of esters is 1. The fourth-order valence-corrected chi connectivity index (χ4v) is 2.08. The fraction of sp³-hybridized carbons (Fsp3) is 0.357. The molecule has 4 heteroatoms. The van der Waals surface area contributed by atoms with Crippen LogP contribution in [0.2, 0.25) is 0 Å². The van der Waals surface area contributed by atoms with Crippen molar-refractivity contribution < 1.29 is 9.53 Å². The average Bonchev–Trinajstić information content (AvgIpc) is 2.72. The molecule has 0 bridgehead atoms. The molecular formula is C14H18N2O2. The molecule has 18 heavy (non-hydrogen) atoms. The molecule has 1 aromatic heterocycles. The highest BCUT2D eigenvalue weighted by Gasteiger charge is 2.05. The summed E-state index contributed by atoms with van der Waals surface area (Å²) in [6, 6.07) is 8.30. The number of hydrogen-bond acceptors (Lipinski definition) is 3. The van der Waals surface area contributed by atoms with E-state index in [1.54, 1.807) is 0 Å². The second-order valence-electron chi connectivity index (χ2n) is 4.29. The Kier molecular flexibility index (Phi) is 3.99. The lowest BCUT2D eigenvalue weighted by Crippen LogP contribution is -2.18. The molecule has 0 atom stereocenters. The Morgan fingerprint density at radius 2 is 2.17 bits per heavy atom. The van der Waals surface area contributed by atoms with Crippen LogP contribution in [0.15, 0.2) is 30.5 Å². The first-order chi connectivity index (χ1) is 8.72. The summed E-state index contributed by atoms with van der Waals surface area (Å²) in [6.07, 6.45) is 2.52. The maximum absolute atomic E-state index is 11.0. The molecule has 0 aliphatic heterocycles. The molecule has 0 unspecified atom stereocenters. The first-order valence-corrected chi connectivity index (χ1v) is 6.03. The van der Waals surface area contributed by atoms with E-state index in [0.29, 0.717) is 13.0 Å². The van der Waals surface area contributed by atoms with Crippen LogP contribution in [0.1, 0.15) is 12.0 Å². The van der Waals surface area contributed by atoms with Crippen molar-refractivity contribution in [1.29, 1.82) is 0 Å². The Morgan fingerprint density at radius 1 is 1.39 bits per heavy atom. The van der Waals surface area contributed by atoms with Gasteiger partial charge in [0, 0.05) is 37.2 Å². The van der Waals surface area contributed by atoms with E-state index in [2.05, 4.69) is 33.0 Å². The Bertz CT molecular complexity index is 546. The summed E-state index contributed by atoms with van der Waals surface area (Å²) in [6.45, 7) is 1.40. The van der Waals surface area contributed by atoms with Gasteiger partial charge in [0.2, 0.25) is 0 Å². The van der Waals surface area contributed by atoms with Gasteiger partial charge in [0.15, 0.2) is 0 Å². The van der Waals surface area contributed by atoms with E-state index in [1.165, 1.54) is 23.6 Å². The van der Waals surface area contributed by atoms with Crippen LogP contribution < -0.4 is 5.32 Å². The summed E-state index contributed by atoms with van der Waals surface area (Å²) in [4.78, 5) is 11.0. The molecular weight excluding hydrogens is 228 g/mol. The third-order valence-corrected chi connectivity index (χ3v) is 3.03. The summed E-state index contributed by atoms with van der Waals surface area (Å²) in [5, 5.41) is 4.51. The zero-order chi connectivity index (χ0) is 13.0. The molecule has 0 saturated heterocycles. The second kappa shape index (κ2) is 5.69. The highest BCUT2D eigenvalue weighted by atomic mass is 16.5. The van der Waals surface area contributed by atoms with Gasteiger partial charge in [-0.05, 0) is 11.6 Å². The summed E-state index contributed by atoms with van der Waals surface area (Å²) in [5.41, 5.74) is 2.47. The van der Waals surface area contributed by atoms with Gasteiger partial charge in [-0.25, -0.2) is 0 Å². The monoisotopic (exact) mass is 246 g/mol. The number of carbonyl (C=O) groups excluding carboxylic acids is 1. The molecule has 96 valence electrons. The van der Waals surface area contributed by atoms with Gasteiger partial charge in [0.1, 0.15) is 0 Å². The molecule has 2 aromatic rings. The molecule has 1 aromatic carbocycles. The van der Waals surface area contributed by atoms with Gasteiger partial charge in [0.05, 0.1) is 13.5 Å². The number of nitrogens with one attached hydrogen (secondary N) is 1. The standard InChI is InChI=1S/C14H18N2O2/c1-16-10-11(9-15-8-7-14(17)18-2)12-5-3-4-6-13(12)16/h3-6,10,15H,7-9H2,1-2H3. The van der Waals surface area contributed by atoms with Gasteiger partial charge >= 0.3 is 5.97 Å². The minimum absolute atomic E-state index is 0.180. The van der Waals surface area contributed by atoms with Gasteiger partial charge in [-0.1, -0.05) is 18.2 Å². The molecule has 1 N–H and O–H groups in total. The maximum Gasteiger partial charge on any atom is 0.306 e. The third kappa shape index (κ3) is 2.71. The highest BCUT2D eigenvalue weighted by Crippen LogP contribution is 2.19. The van der Waals surface area contributed by atoms with Crippen LogP contribution in [0.3, 0.4) is 0 Å². The number of ether oxygens (including phenoxy) is 1. The molecule has 0 radical (unpaired) electrons. The van der Waals surface area contributed by atoms with Gasteiger partial charge < -0.3 is 14.6 Å². The van der Waals surface area contributed by atoms with Crippen molar-refractivity contribution in [3.8, 4) is 0 Å². The van der Waals surface area contributed by atoms with E-state index in [9.17, 15) is 4.79 Å². The van der Waals surface area contributed by atoms with Crippen molar-refractivity contribution >= 4 is 16.9 Å². The summed E-state index contributed by atoms with van der Waals surface area (Å²) >= 11 is 0. The predicted molar refractivity (Wildman–Crippen MR) is 71.3 cm³/mol. The second-order valence-corrected chi connectivity index (χ2v) is 4.29. The largest absolute Gasteiger partial charge is 0.469 e. The quantitative estimate of drug-likeness (QED) is 0.646. The fourth-order valence-electron chi connectivity index (χ4n) is 2.08. The molecule has 4 nitrogen and oxygen atoms in total. The van der Waals surface area contributed by atoms with E-state index in [0.717, 1.165) is 6.54 Å². The Labute approximate surface area is 107 Å². The number of benzene rings is 1. The average molecular weight is 246 g/mol. The van der Waals surface area contributed by atoms with Gasteiger partial charge in [-0.15, -0.1) is 0 Å². The van der Waals surface area contributed by atoms with Crippen molar-refractivity contribution in [2.24, 2.45) is 7.05 Å². The molecule has 0 aliphatic carbocycles. The van der Waals surface area contributed by atoms with Crippen LogP contribution in [-0.4, -0.2) is 24.2 Å². The number of aromatic nitrogens is 1. The lowest BCUT2D eigenvalue weighted by Gasteiger charge is -2.02. The van der Waals surface area contributed by atoms with Crippen LogP contribution in [-0.2, 0) is 23.1 Å². The molecule has 0 aliphatic rings. The first-order valence-electron chi connectivity index (χ1n) is 6.03. The zero-order valence-electron chi connectivity index (χ0n) is 10.8. The number of para-hydroxylation sites is 1. The minimum Gasteiger partial charge on any atom is -0.469 e. The van der Waals surface area contributed by atoms with E-state index in [-0.39, 0.29) is 5.97 Å². The summed E-state index contributed by atoms with van der Waals surface area (Å²) in [7, 11) is 3.45. The number of aryl methyl sites for hydroxylation is 1. The number of carbonyl (C=O) groups is 1. The van der Waals surface area contributed by atoms with E-state index in [1.807, 2.05) is 19.2 Å². The Balaban J connectivity index is 1.98. The zero-order valence-corrected chi connectivity index (χ0v) is 10.8. The van der Waals surface area contributed by atoms with Gasteiger partial charge in [-0.3, -0.25) is 4.79 Å². The molecule has 0 spiro atoms. The molecule has 0 saturated carbocycles. The highest BCUT2D eigenvalue weighted by molar-refractivity contribution is 5.83. The molecule has 0 amide bonds. The lowest BCUT2D eigenvalue weighted by molar-refractivity contribution is -0.140. The number of methoxy groups -OCH3 is 1. The third-order valence-electron chi connectivity index (χ3n) is 3.03. The van der Waals surface area contributed by atoms with Crippen molar-refractivity contribution in [1.82, 2.24) is 9.88 Å². The Morgan fingerprint density at radius 3 is 2.94 bits per heavy atom. The number of fused-ring (bicyclic) bond motifs is 1. The number of nitrogens with zero attached hydrogens (tertiary/aromatic N) is 1. The summed E-state index contributed by atoms with van der Waals surface area (Å²) < 4.78 is 6.71. The molecule has 2 rings (SSSR count). The van der Waals surface area contributed by atoms with E-state index in [4.69, 9.17) is 0 Å². The van der Waals surface area contributed by atoms with Crippen LogP contribution in [0.25, 0.3) is 10.9 Å². The van der Waals surface area contributed by atoms with E-state index < -0.39 is 0 Å². The number of hydrogen-bond donors (Lipinski definition) is 1.